The van der Waals surface area contributed by atoms with Crippen molar-refractivity contribution in [2.24, 2.45) is 5.73 Å². The van der Waals surface area contributed by atoms with Crippen LogP contribution < -0.4 is 35.3 Å². The molecule has 0 aromatic rings. The van der Waals surface area contributed by atoms with Gasteiger partial charge in [-0.25, -0.2) is 0 Å². The van der Waals surface area contributed by atoms with E-state index in [2.05, 4.69) is 20.8 Å². The molecule has 0 rings (SSSR count). The maximum atomic E-state index is 10.5. The second-order valence-corrected chi connectivity index (χ2v) is 9.22. The number of aliphatic carboxylic acids is 1. The number of carbonyl (C=O) groups is 2. The first-order valence-electron chi connectivity index (χ1n) is 14.2. The second-order valence-electron chi connectivity index (χ2n) is 9.22. The number of hydrogen-bond donors (Lipinski definition) is 2. The summed E-state index contributed by atoms with van der Waals surface area (Å²) in [5, 5.41) is 8.41. The van der Waals surface area contributed by atoms with Crippen LogP contribution in [0, 0.1) is 6.92 Å². The normalized spacial score (nSPS) is 9.49. The first kappa shape index (κ1) is 45.3. The Labute approximate surface area is 246 Å². The molecule has 1 amide bonds. The van der Waals surface area contributed by atoms with Gasteiger partial charge in [0, 0.05) is 12.8 Å². The topological polar surface area (TPSA) is 80.4 Å². The Bertz CT molecular complexity index is 385. The Kier molecular flexibility index (Phi) is 57.4. The zero-order valence-corrected chi connectivity index (χ0v) is 27.9. The molecule has 0 bridgehead atoms. The van der Waals surface area contributed by atoms with Gasteiger partial charge in [0.2, 0.25) is 5.91 Å². The Morgan fingerprint density at radius 3 is 1.03 bits per heavy atom. The van der Waals surface area contributed by atoms with Crippen LogP contribution in [0.5, 0.6) is 0 Å². The van der Waals surface area contributed by atoms with E-state index in [-0.39, 0.29) is 45.4 Å². The molecule has 0 saturated heterocycles. The molecule has 0 spiro atoms. The average Bonchev–Trinajstić information content (AvgIpc) is 2.77. The molecule has 0 heterocycles. The number of carboxylic acid groups (broad SMARTS) is 1. The van der Waals surface area contributed by atoms with Gasteiger partial charge in [-0.3, -0.25) is 9.59 Å². The largest absolute Gasteiger partial charge is 1.00 e. The van der Waals surface area contributed by atoms with E-state index < -0.39 is 5.97 Å². The maximum absolute atomic E-state index is 10.5. The summed E-state index contributed by atoms with van der Waals surface area (Å²) < 4.78 is 0. The quantitative estimate of drug-likeness (QED) is 0.0734. The molecule has 0 aromatic carbocycles. The van der Waals surface area contributed by atoms with E-state index in [1.165, 1.54) is 109 Å². The van der Waals surface area contributed by atoms with Gasteiger partial charge in [-0.05, 0) is 12.8 Å². The molecule has 0 aliphatic carbocycles. The zero-order valence-electron chi connectivity index (χ0n) is 24.5. The van der Waals surface area contributed by atoms with E-state index >= 15 is 0 Å². The van der Waals surface area contributed by atoms with Crippen molar-refractivity contribution in [2.45, 2.75) is 168 Å². The standard InChI is InChI=1S/C14H29NO.C12H24O2.C3H7.Na.H3P/c1-2-3-4-5-6-7-8-9-10-11-12-13-14(15)16;1-2-3-4-5-6-7-8-9-10-11-12(13)14;1-3-2;;/h2-13H2,1H3,(H2,15,16);2-11H2,1H3,(H,13,14);1,3H2,2H3;;1H3/q;;-1;+1;. The van der Waals surface area contributed by atoms with Crippen LogP contribution >= 0.6 is 9.90 Å². The summed E-state index contributed by atoms with van der Waals surface area (Å²) in [5.41, 5.74) is 5.07. The fourth-order valence-electron chi connectivity index (χ4n) is 3.55. The zero-order chi connectivity index (χ0) is 25.4. The summed E-state index contributed by atoms with van der Waals surface area (Å²) in [6, 6.07) is 0. The third-order valence-electron chi connectivity index (χ3n) is 5.52. The fourth-order valence-corrected chi connectivity index (χ4v) is 3.55. The molecule has 208 valence electrons. The first-order valence-corrected chi connectivity index (χ1v) is 14.2. The van der Waals surface area contributed by atoms with Gasteiger partial charge in [0.15, 0.2) is 0 Å². The predicted molar refractivity (Wildman–Crippen MR) is 157 cm³/mol. The van der Waals surface area contributed by atoms with Crippen molar-refractivity contribution in [1.82, 2.24) is 0 Å². The van der Waals surface area contributed by atoms with Gasteiger partial charge >= 0.3 is 35.5 Å². The maximum Gasteiger partial charge on any atom is 1.00 e. The van der Waals surface area contributed by atoms with Crippen molar-refractivity contribution in [2.75, 3.05) is 0 Å². The summed E-state index contributed by atoms with van der Waals surface area (Å²) in [5.74, 6) is -0.816. The molecule has 1 unspecified atom stereocenters. The smallest absolute Gasteiger partial charge is 0.481 e. The van der Waals surface area contributed by atoms with Gasteiger partial charge in [0.1, 0.15) is 0 Å². The van der Waals surface area contributed by atoms with Crippen molar-refractivity contribution in [3.63, 3.8) is 0 Å². The van der Waals surface area contributed by atoms with E-state index in [0.717, 1.165) is 25.7 Å². The van der Waals surface area contributed by atoms with E-state index in [4.69, 9.17) is 10.8 Å². The van der Waals surface area contributed by atoms with Gasteiger partial charge in [-0.1, -0.05) is 136 Å². The van der Waals surface area contributed by atoms with Crippen LogP contribution in [-0.2, 0) is 9.59 Å². The van der Waals surface area contributed by atoms with Crippen molar-refractivity contribution in [3.8, 4) is 0 Å². The van der Waals surface area contributed by atoms with E-state index in [1.807, 2.05) is 6.92 Å². The van der Waals surface area contributed by atoms with Crippen molar-refractivity contribution in [1.29, 1.82) is 0 Å². The van der Waals surface area contributed by atoms with E-state index in [0.29, 0.717) is 12.8 Å². The van der Waals surface area contributed by atoms with Gasteiger partial charge in [-0.15, -0.1) is 0 Å². The Hall–Kier alpha value is 0.370. The Balaban J connectivity index is -0.000000147. The molecule has 0 radical (unpaired) electrons. The van der Waals surface area contributed by atoms with Crippen LogP contribution in [-0.4, -0.2) is 17.0 Å². The van der Waals surface area contributed by atoms with E-state index in [9.17, 15) is 9.59 Å². The molecular weight excluding hydrogens is 464 g/mol. The molecule has 0 aliphatic rings. The van der Waals surface area contributed by atoms with Crippen LogP contribution in [0.1, 0.15) is 168 Å². The summed E-state index contributed by atoms with van der Waals surface area (Å²) >= 11 is 0. The second kappa shape index (κ2) is 44.4. The Morgan fingerprint density at radius 1 is 0.571 bits per heavy atom. The minimum absolute atomic E-state index is 0. The molecule has 0 fully saturated rings. The minimum atomic E-state index is -0.659. The third-order valence-corrected chi connectivity index (χ3v) is 5.52. The molecule has 6 heteroatoms. The molecule has 0 aliphatic heterocycles. The monoisotopic (exact) mass is 527 g/mol. The van der Waals surface area contributed by atoms with Crippen molar-refractivity contribution in [3.05, 3.63) is 6.92 Å². The number of hydrogen-bond acceptors (Lipinski definition) is 2. The van der Waals surface area contributed by atoms with Crippen molar-refractivity contribution < 1.29 is 44.3 Å². The summed E-state index contributed by atoms with van der Waals surface area (Å²) in [6.07, 6.45) is 27.5. The van der Waals surface area contributed by atoms with Gasteiger partial charge < -0.3 is 17.8 Å². The minimum Gasteiger partial charge on any atom is -0.481 e. The summed E-state index contributed by atoms with van der Waals surface area (Å²) in [7, 11) is 0. The van der Waals surface area contributed by atoms with Crippen LogP contribution in [0.4, 0.5) is 0 Å². The molecular formula is C29H63NNaO3P. The van der Waals surface area contributed by atoms with Gasteiger partial charge in [0.05, 0.1) is 0 Å². The predicted octanol–water partition coefficient (Wildman–Crippen LogP) is 6.46. The number of amides is 1. The van der Waals surface area contributed by atoms with Crippen LogP contribution in [0.15, 0.2) is 0 Å². The molecule has 1 atom stereocenters. The molecule has 3 N–H and O–H groups in total. The van der Waals surface area contributed by atoms with Gasteiger partial charge in [0.25, 0.3) is 0 Å². The molecule has 35 heavy (non-hydrogen) atoms. The molecule has 0 saturated carbocycles. The summed E-state index contributed by atoms with van der Waals surface area (Å²) in [6.45, 7) is 9.98. The number of carboxylic acids is 1. The SMILES string of the molecule is CCCCCCCCCCCC(=O)O.CCCCCCCCCCCCCC(N)=O.P.[CH2-]CC.[Na+]. The number of unbranched alkanes of at least 4 members (excludes halogenated alkanes) is 18. The number of primary amides is 1. The van der Waals surface area contributed by atoms with Crippen molar-refractivity contribution >= 4 is 21.8 Å². The van der Waals surface area contributed by atoms with Crippen LogP contribution in [0.3, 0.4) is 0 Å². The number of rotatable bonds is 22. The first-order chi connectivity index (χ1) is 16.0. The van der Waals surface area contributed by atoms with Crippen LogP contribution in [0.25, 0.3) is 0 Å². The summed E-state index contributed by atoms with van der Waals surface area (Å²) in [4.78, 5) is 20.7. The van der Waals surface area contributed by atoms with Crippen LogP contribution in [0.2, 0.25) is 0 Å². The Morgan fingerprint density at radius 2 is 0.800 bits per heavy atom. The molecule has 4 nitrogen and oxygen atoms in total. The third kappa shape index (κ3) is 60.6. The number of carbonyl (C=O) groups excluding carboxylic acids is 1. The fraction of sp³-hybridized carbons (Fsp3) is 0.897. The van der Waals surface area contributed by atoms with Gasteiger partial charge in [-0.2, -0.15) is 16.3 Å². The number of nitrogens with two attached hydrogens (primary N) is 1. The average molecular weight is 528 g/mol. The van der Waals surface area contributed by atoms with E-state index in [1.54, 1.807) is 0 Å². The molecule has 0 aromatic heterocycles.